The number of hydrogen-bond donors (Lipinski definition) is 1. The molecular formula is C50H80NO9P. The van der Waals surface area contributed by atoms with E-state index in [1.165, 1.54) is 0 Å². The van der Waals surface area contributed by atoms with E-state index in [1.54, 1.807) is 12.2 Å². The Kier molecular flexibility index (Phi) is 38.0. The molecule has 0 rings (SSSR count). The van der Waals surface area contributed by atoms with Crippen LogP contribution < -0.4 is 4.89 Å². The molecule has 2 unspecified atom stereocenters. The SMILES string of the molecule is CC/C=C\C/C=C\C/C=C\C/C=C\C/C=C\C=C/C(O)CCC(=O)OC[C@H](COP(=O)([O-])OCC[N+](C)(C)C)OC(=O)CCCCCC/C=C\C/C=C\C/C=C\C/C=C\CC. The molecule has 0 spiro atoms. The minimum atomic E-state index is -4.70. The van der Waals surface area contributed by atoms with Crippen LogP contribution in [-0.2, 0) is 32.7 Å². The average molecular weight is 870 g/mol. The van der Waals surface area contributed by atoms with E-state index in [0.717, 1.165) is 83.5 Å². The minimum absolute atomic E-state index is 0.0795. The Morgan fingerprint density at radius 3 is 1.62 bits per heavy atom. The van der Waals surface area contributed by atoms with Crippen LogP contribution in [-0.4, -0.2) is 81.2 Å². The van der Waals surface area contributed by atoms with Gasteiger partial charge in [-0.3, -0.25) is 14.2 Å². The van der Waals surface area contributed by atoms with Crippen LogP contribution >= 0.6 is 7.82 Å². The monoisotopic (exact) mass is 870 g/mol. The van der Waals surface area contributed by atoms with Crippen molar-refractivity contribution in [3.05, 3.63) is 122 Å². The first-order valence-electron chi connectivity index (χ1n) is 22.4. The average Bonchev–Trinajstić information content (AvgIpc) is 3.21. The van der Waals surface area contributed by atoms with Crippen LogP contribution in [0.25, 0.3) is 0 Å². The zero-order valence-electron chi connectivity index (χ0n) is 38.2. The zero-order valence-corrected chi connectivity index (χ0v) is 39.1. The van der Waals surface area contributed by atoms with Crippen molar-refractivity contribution < 1.29 is 47.2 Å². The van der Waals surface area contributed by atoms with Gasteiger partial charge in [-0.05, 0) is 83.5 Å². The summed E-state index contributed by atoms with van der Waals surface area (Å²) >= 11 is 0. The number of nitrogens with zero attached hydrogens (tertiary/aromatic N) is 1. The number of aliphatic hydroxyl groups is 1. The number of likely N-dealkylation sites (N-methyl/N-ethyl adjacent to an activating group) is 1. The lowest BCUT2D eigenvalue weighted by atomic mass is 10.1. The summed E-state index contributed by atoms with van der Waals surface area (Å²) < 4.78 is 33.7. The molecule has 0 aliphatic heterocycles. The number of ether oxygens (including phenoxy) is 2. The number of allylic oxidation sites excluding steroid dienone is 19. The summed E-state index contributed by atoms with van der Waals surface area (Å²) in [5.74, 6) is -1.16. The smallest absolute Gasteiger partial charge is 0.306 e. The summed E-state index contributed by atoms with van der Waals surface area (Å²) in [4.78, 5) is 37.6. The second-order valence-electron chi connectivity index (χ2n) is 15.5. The van der Waals surface area contributed by atoms with Crippen LogP contribution in [0, 0.1) is 0 Å². The van der Waals surface area contributed by atoms with Crippen LogP contribution in [0.5, 0.6) is 0 Å². The lowest BCUT2D eigenvalue weighted by Gasteiger charge is -2.28. The summed E-state index contributed by atoms with van der Waals surface area (Å²) in [6, 6.07) is 0. The van der Waals surface area contributed by atoms with Gasteiger partial charge >= 0.3 is 11.9 Å². The second kappa shape index (κ2) is 40.4. The summed E-state index contributed by atoms with van der Waals surface area (Å²) in [5.41, 5.74) is 0. The van der Waals surface area contributed by atoms with E-state index < -0.39 is 45.2 Å². The van der Waals surface area contributed by atoms with Crippen LogP contribution in [0.1, 0.15) is 123 Å². The van der Waals surface area contributed by atoms with Crippen molar-refractivity contribution >= 4 is 19.8 Å². The Hall–Kier alpha value is -3.63. The first-order valence-corrected chi connectivity index (χ1v) is 23.8. The molecule has 0 fully saturated rings. The fraction of sp³-hybridized carbons (Fsp3) is 0.560. The molecule has 0 bridgehead atoms. The van der Waals surface area contributed by atoms with Crippen LogP contribution in [0.15, 0.2) is 122 Å². The standard InChI is InChI=1S/C50H80NO9P/c1-6-8-10-12-14-16-18-20-22-24-26-28-30-32-34-36-38-40-50(54)60-48(46-59-61(55,56)58-44-43-51(3,4)5)45-57-49(53)42-41-47(52)39-37-35-33-31-29-27-25-23-21-19-17-15-13-11-9-7-2/h8-11,14-17,20-23,26-29,33,35,37,39,47-48,52H,6-7,12-13,18-19,24-25,30-32,34,36,38,40-46H2,1-5H3/b10-8-,11-9-,16-14-,17-15-,22-20-,23-21-,28-26-,29-27-,35-33-,39-37-/t47?,48-/m1/s1. The maximum atomic E-state index is 12.7. The third-order valence-corrected chi connectivity index (χ3v) is 9.56. The molecule has 0 aliphatic rings. The molecule has 11 heteroatoms. The van der Waals surface area contributed by atoms with E-state index in [2.05, 4.69) is 111 Å². The molecule has 10 nitrogen and oxygen atoms in total. The van der Waals surface area contributed by atoms with Crippen LogP contribution in [0.3, 0.4) is 0 Å². The largest absolute Gasteiger partial charge is 0.756 e. The number of esters is 2. The van der Waals surface area contributed by atoms with E-state index in [1.807, 2.05) is 33.3 Å². The molecule has 0 amide bonds. The molecule has 0 aromatic carbocycles. The van der Waals surface area contributed by atoms with Crippen molar-refractivity contribution in [3.63, 3.8) is 0 Å². The molecule has 344 valence electrons. The van der Waals surface area contributed by atoms with Gasteiger partial charge in [-0.2, -0.15) is 0 Å². The maximum absolute atomic E-state index is 12.7. The summed E-state index contributed by atoms with van der Waals surface area (Å²) in [6.45, 7) is 3.65. The number of phosphoric ester groups is 1. The maximum Gasteiger partial charge on any atom is 0.306 e. The summed E-state index contributed by atoms with van der Waals surface area (Å²) in [6.07, 6.45) is 52.7. The van der Waals surface area contributed by atoms with Crippen molar-refractivity contribution in [1.82, 2.24) is 0 Å². The number of unbranched alkanes of at least 4 members (excludes halogenated alkanes) is 4. The predicted octanol–water partition coefficient (Wildman–Crippen LogP) is 11.2. The van der Waals surface area contributed by atoms with Crippen molar-refractivity contribution in [1.29, 1.82) is 0 Å². The number of aliphatic hydroxyl groups excluding tert-OH is 1. The molecule has 0 saturated carbocycles. The van der Waals surface area contributed by atoms with Crippen molar-refractivity contribution in [2.75, 3.05) is 47.5 Å². The van der Waals surface area contributed by atoms with Gasteiger partial charge in [0.1, 0.15) is 19.8 Å². The molecule has 0 heterocycles. The van der Waals surface area contributed by atoms with Gasteiger partial charge in [0.05, 0.1) is 33.9 Å². The highest BCUT2D eigenvalue weighted by Crippen LogP contribution is 2.38. The fourth-order valence-electron chi connectivity index (χ4n) is 5.11. The van der Waals surface area contributed by atoms with Gasteiger partial charge in [-0.25, -0.2) is 0 Å². The second-order valence-corrected chi connectivity index (χ2v) is 16.9. The van der Waals surface area contributed by atoms with Gasteiger partial charge in [-0.15, -0.1) is 0 Å². The lowest BCUT2D eigenvalue weighted by Crippen LogP contribution is -2.37. The molecule has 0 aromatic heterocycles. The Bertz CT molecular complexity index is 1460. The first kappa shape index (κ1) is 57.4. The molecule has 3 atom stereocenters. The van der Waals surface area contributed by atoms with Crippen LogP contribution in [0.2, 0.25) is 0 Å². The number of rotatable bonds is 38. The molecule has 1 N–H and O–H groups in total. The van der Waals surface area contributed by atoms with Crippen molar-refractivity contribution in [3.8, 4) is 0 Å². The number of carbonyl (C=O) groups excluding carboxylic acids is 2. The van der Waals surface area contributed by atoms with Crippen molar-refractivity contribution in [2.45, 2.75) is 135 Å². The van der Waals surface area contributed by atoms with Gasteiger partial charge in [0.15, 0.2) is 6.10 Å². The number of quaternary nitrogens is 1. The van der Waals surface area contributed by atoms with Gasteiger partial charge in [-0.1, -0.05) is 148 Å². The zero-order chi connectivity index (χ0) is 45.1. The molecule has 0 aliphatic carbocycles. The summed E-state index contributed by atoms with van der Waals surface area (Å²) in [7, 11) is 1.00. The van der Waals surface area contributed by atoms with Crippen molar-refractivity contribution in [2.24, 2.45) is 0 Å². The molecule has 0 saturated heterocycles. The highest BCUT2D eigenvalue weighted by atomic mass is 31.2. The fourth-order valence-corrected chi connectivity index (χ4v) is 5.83. The normalized spacial score (nSPS) is 15.2. The highest BCUT2D eigenvalue weighted by Gasteiger charge is 2.22. The molecule has 0 aromatic rings. The van der Waals surface area contributed by atoms with Gasteiger partial charge in [0.2, 0.25) is 0 Å². The third-order valence-electron chi connectivity index (χ3n) is 8.59. The Morgan fingerprint density at radius 1 is 0.607 bits per heavy atom. The predicted molar refractivity (Wildman–Crippen MR) is 250 cm³/mol. The molecule has 61 heavy (non-hydrogen) atoms. The third kappa shape index (κ3) is 44.2. The quantitative estimate of drug-likeness (QED) is 0.0161. The number of carbonyl (C=O) groups is 2. The van der Waals surface area contributed by atoms with E-state index in [9.17, 15) is 24.2 Å². The Morgan fingerprint density at radius 2 is 1.10 bits per heavy atom. The summed E-state index contributed by atoms with van der Waals surface area (Å²) in [5, 5.41) is 10.3. The Labute approximate surface area is 370 Å². The number of hydrogen-bond acceptors (Lipinski definition) is 9. The van der Waals surface area contributed by atoms with E-state index in [4.69, 9.17) is 18.5 Å². The van der Waals surface area contributed by atoms with Crippen LogP contribution in [0.4, 0.5) is 0 Å². The van der Waals surface area contributed by atoms with E-state index in [-0.39, 0.29) is 25.9 Å². The van der Waals surface area contributed by atoms with Gasteiger partial charge in [0, 0.05) is 12.8 Å². The first-order chi connectivity index (χ1) is 29.4. The molecule has 0 radical (unpaired) electrons. The minimum Gasteiger partial charge on any atom is -0.756 e. The van der Waals surface area contributed by atoms with E-state index >= 15 is 0 Å². The van der Waals surface area contributed by atoms with Gasteiger partial charge in [0.25, 0.3) is 7.82 Å². The highest BCUT2D eigenvalue weighted by molar-refractivity contribution is 7.45. The van der Waals surface area contributed by atoms with Gasteiger partial charge < -0.3 is 33.0 Å². The van der Waals surface area contributed by atoms with E-state index in [0.29, 0.717) is 17.4 Å². The Balaban J connectivity index is 4.65. The molecular weight excluding hydrogens is 790 g/mol. The topological polar surface area (TPSA) is 131 Å². The number of phosphoric acid groups is 1. The lowest BCUT2D eigenvalue weighted by molar-refractivity contribution is -0.870.